The zero-order valence-electron chi connectivity index (χ0n) is 12.5. The zero-order chi connectivity index (χ0) is 14.1. The molecule has 1 aromatic rings. The van der Waals surface area contributed by atoms with E-state index in [0.29, 0.717) is 19.1 Å². The number of hydrogen-bond acceptors (Lipinski definition) is 5. The number of methoxy groups -OCH3 is 1. The van der Waals surface area contributed by atoms with Gasteiger partial charge in [0.25, 0.3) is 0 Å². The van der Waals surface area contributed by atoms with Crippen LogP contribution in [0, 0.1) is 0 Å². The van der Waals surface area contributed by atoms with Crippen LogP contribution in [0.5, 0.6) is 0 Å². The quantitative estimate of drug-likeness (QED) is 0.671. The zero-order valence-corrected chi connectivity index (χ0v) is 13.3. The Balaban J connectivity index is 2.49. The van der Waals surface area contributed by atoms with E-state index in [9.17, 15) is 0 Å². The van der Waals surface area contributed by atoms with Crippen molar-refractivity contribution in [3.05, 3.63) is 15.6 Å². The number of hydrogen-bond donors (Lipinski definition) is 1. The molecule has 0 spiro atoms. The molecule has 0 atom stereocenters. The van der Waals surface area contributed by atoms with Crippen LogP contribution < -0.4 is 5.32 Å². The Bertz CT molecular complexity index is 353. The molecule has 1 heterocycles. The van der Waals surface area contributed by atoms with Gasteiger partial charge in [-0.1, -0.05) is 20.8 Å². The number of aromatic nitrogens is 1. The van der Waals surface area contributed by atoms with E-state index in [0.717, 1.165) is 26.1 Å². The highest BCUT2D eigenvalue weighted by Gasteiger charge is 2.13. The predicted molar refractivity (Wildman–Crippen MR) is 80.0 cm³/mol. The van der Waals surface area contributed by atoms with Crippen molar-refractivity contribution in [2.45, 2.75) is 39.7 Å². The summed E-state index contributed by atoms with van der Waals surface area (Å²) < 4.78 is 10.4. The maximum absolute atomic E-state index is 5.49. The smallest absolute Gasteiger partial charge is 0.0954 e. The third kappa shape index (κ3) is 5.99. The molecule has 0 saturated carbocycles. The molecule has 1 aromatic heterocycles. The Morgan fingerprint density at radius 1 is 1.26 bits per heavy atom. The molecule has 0 amide bonds. The van der Waals surface area contributed by atoms with Crippen LogP contribution in [0.2, 0.25) is 0 Å². The molecule has 0 bridgehead atoms. The van der Waals surface area contributed by atoms with Crippen molar-refractivity contribution in [3.63, 3.8) is 0 Å². The van der Waals surface area contributed by atoms with Gasteiger partial charge in [-0.3, -0.25) is 0 Å². The van der Waals surface area contributed by atoms with E-state index < -0.39 is 0 Å². The summed E-state index contributed by atoms with van der Waals surface area (Å²) in [6, 6.07) is 0. The molecule has 0 aliphatic rings. The minimum Gasteiger partial charge on any atom is -0.382 e. The Morgan fingerprint density at radius 3 is 2.68 bits per heavy atom. The molecule has 1 rings (SSSR count). The standard InChI is InChI=1S/C14H26N2O2S/c1-5-15-10-12-14(11(2)3)16-13(19-12)6-7-18-9-8-17-4/h11,15H,5-10H2,1-4H3. The van der Waals surface area contributed by atoms with Crippen molar-refractivity contribution in [3.8, 4) is 0 Å². The van der Waals surface area contributed by atoms with Gasteiger partial charge in [0.2, 0.25) is 0 Å². The van der Waals surface area contributed by atoms with Gasteiger partial charge in [-0.25, -0.2) is 4.98 Å². The number of rotatable bonds is 10. The molecule has 0 unspecified atom stereocenters. The SMILES string of the molecule is CCNCc1sc(CCOCCOC)nc1C(C)C. The summed E-state index contributed by atoms with van der Waals surface area (Å²) in [5, 5.41) is 4.55. The fourth-order valence-corrected chi connectivity index (χ4v) is 2.91. The first-order valence-corrected chi connectivity index (χ1v) is 7.76. The summed E-state index contributed by atoms with van der Waals surface area (Å²) in [5.74, 6) is 0.480. The maximum atomic E-state index is 5.49. The average Bonchev–Trinajstić information content (AvgIpc) is 2.79. The van der Waals surface area contributed by atoms with Gasteiger partial charge in [-0.05, 0) is 12.5 Å². The molecule has 4 nitrogen and oxygen atoms in total. The molecular weight excluding hydrogens is 260 g/mol. The summed E-state index contributed by atoms with van der Waals surface area (Å²) in [7, 11) is 1.69. The highest BCUT2D eigenvalue weighted by molar-refractivity contribution is 7.11. The molecule has 0 saturated heterocycles. The van der Waals surface area contributed by atoms with Crippen LogP contribution in [-0.4, -0.2) is 38.5 Å². The number of ether oxygens (including phenoxy) is 2. The molecule has 5 heteroatoms. The fraction of sp³-hybridized carbons (Fsp3) is 0.786. The summed E-state index contributed by atoms with van der Waals surface area (Å²) >= 11 is 1.81. The lowest BCUT2D eigenvalue weighted by Crippen LogP contribution is -2.12. The second-order valence-corrected chi connectivity index (χ2v) is 5.87. The van der Waals surface area contributed by atoms with E-state index in [1.165, 1.54) is 15.6 Å². The Hall–Kier alpha value is -0.490. The third-order valence-electron chi connectivity index (χ3n) is 2.75. The number of nitrogens with one attached hydrogen (secondary N) is 1. The van der Waals surface area contributed by atoms with Gasteiger partial charge in [0, 0.05) is 25.0 Å². The van der Waals surface area contributed by atoms with Crippen molar-refractivity contribution in [1.82, 2.24) is 10.3 Å². The van der Waals surface area contributed by atoms with Crippen molar-refractivity contribution >= 4 is 11.3 Å². The van der Waals surface area contributed by atoms with Crippen LogP contribution in [0.3, 0.4) is 0 Å². The summed E-state index contributed by atoms with van der Waals surface area (Å²) in [6.07, 6.45) is 0.889. The molecular formula is C14H26N2O2S. The van der Waals surface area contributed by atoms with Crippen LogP contribution in [0.1, 0.15) is 42.3 Å². The molecule has 0 aromatic carbocycles. The van der Waals surface area contributed by atoms with E-state index in [1.54, 1.807) is 18.4 Å². The minimum atomic E-state index is 0.480. The molecule has 0 fully saturated rings. The Kier molecular flexibility index (Phi) is 8.21. The van der Waals surface area contributed by atoms with Gasteiger partial charge in [0.05, 0.1) is 30.5 Å². The summed E-state index contributed by atoms with van der Waals surface area (Å²) in [6.45, 7) is 10.5. The first-order chi connectivity index (χ1) is 9.19. The highest BCUT2D eigenvalue weighted by atomic mass is 32.1. The molecule has 0 aliphatic carbocycles. The van der Waals surface area contributed by atoms with Crippen molar-refractivity contribution in [2.24, 2.45) is 0 Å². The second-order valence-electron chi connectivity index (χ2n) is 4.71. The van der Waals surface area contributed by atoms with Crippen LogP contribution in [0.15, 0.2) is 0 Å². The molecule has 1 N–H and O–H groups in total. The number of nitrogens with zero attached hydrogens (tertiary/aromatic N) is 1. The van der Waals surface area contributed by atoms with E-state index in [4.69, 9.17) is 14.5 Å². The van der Waals surface area contributed by atoms with Gasteiger partial charge in [0.15, 0.2) is 0 Å². The third-order valence-corrected chi connectivity index (χ3v) is 3.88. The van der Waals surface area contributed by atoms with E-state index >= 15 is 0 Å². The normalized spacial score (nSPS) is 11.4. The van der Waals surface area contributed by atoms with Crippen molar-refractivity contribution in [1.29, 1.82) is 0 Å². The minimum absolute atomic E-state index is 0.480. The van der Waals surface area contributed by atoms with Crippen molar-refractivity contribution in [2.75, 3.05) is 33.5 Å². The van der Waals surface area contributed by atoms with Crippen LogP contribution in [0.4, 0.5) is 0 Å². The predicted octanol–water partition coefficient (Wildman–Crippen LogP) is 2.58. The van der Waals surface area contributed by atoms with Gasteiger partial charge in [-0.2, -0.15) is 0 Å². The van der Waals surface area contributed by atoms with Crippen LogP contribution in [-0.2, 0) is 22.4 Å². The lowest BCUT2D eigenvalue weighted by molar-refractivity contribution is 0.0722. The monoisotopic (exact) mass is 286 g/mol. The average molecular weight is 286 g/mol. The first-order valence-electron chi connectivity index (χ1n) is 6.94. The molecule has 0 aliphatic heterocycles. The molecule has 19 heavy (non-hydrogen) atoms. The Labute approximate surface area is 120 Å². The number of thiazole rings is 1. The summed E-state index contributed by atoms with van der Waals surface area (Å²) in [5.41, 5.74) is 1.23. The lowest BCUT2D eigenvalue weighted by atomic mass is 10.1. The van der Waals surface area contributed by atoms with Gasteiger partial charge in [0.1, 0.15) is 0 Å². The van der Waals surface area contributed by atoms with Crippen LogP contribution >= 0.6 is 11.3 Å². The second kappa shape index (κ2) is 9.42. The molecule has 110 valence electrons. The van der Waals surface area contributed by atoms with Gasteiger partial charge in [-0.15, -0.1) is 11.3 Å². The topological polar surface area (TPSA) is 43.4 Å². The highest BCUT2D eigenvalue weighted by Crippen LogP contribution is 2.25. The Morgan fingerprint density at radius 2 is 2.05 bits per heavy atom. The molecule has 0 radical (unpaired) electrons. The van der Waals surface area contributed by atoms with Gasteiger partial charge < -0.3 is 14.8 Å². The van der Waals surface area contributed by atoms with E-state index in [2.05, 4.69) is 26.1 Å². The van der Waals surface area contributed by atoms with Gasteiger partial charge >= 0.3 is 0 Å². The van der Waals surface area contributed by atoms with E-state index in [-0.39, 0.29) is 0 Å². The largest absolute Gasteiger partial charge is 0.382 e. The van der Waals surface area contributed by atoms with Crippen molar-refractivity contribution < 1.29 is 9.47 Å². The first kappa shape index (κ1) is 16.6. The lowest BCUT2D eigenvalue weighted by Gasteiger charge is -2.04. The summed E-state index contributed by atoms with van der Waals surface area (Å²) in [4.78, 5) is 6.11. The van der Waals surface area contributed by atoms with Crippen LogP contribution in [0.25, 0.3) is 0 Å². The van der Waals surface area contributed by atoms with E-state index in [1.807, 2.05) is 0 Å². The fourth-order valence-electron chi connectivity index (χ4n) is 1.74. The maximum Gasteiger partial charge on any atom is 0.0954 e.